The number of rotatable bonds is 4. The van der Waals surface area contributed by atoms with Crippen LogP contribution >= 0.6 is 15.9 Å². The van der Waals surface area contributed by atoms with Gasteiger partial charge in [-0.3, -0.25) is 0 Å². The van der Waals surface area contributed by atoms with Crippen molar-refractivity contribution in [2.75, 3.05) is 12.5 Å². The summed E-state index contributed by atoms with van der Waals surface area (Å²) in [5.74, 6) is 1.31. The molecule has 1 aromatic carbocycles. The average molecular weight is 335 g/mol. The van der Waals surface area contributed by atoms with Crippen LogP contribution in [0.3, 0.4) is 0 Å². The summed E-state index contributed by atoms with van der Waals surface area (Å²) in [7, 11) is 1.58. The highest BCUT2D eigenvalue weighted by Crippen LogP contribution is 2.21. The third-order valence-corrected chi connectivity index (χ3v) is 2.89. The number of halogens is 1. The smallest absolute Gasteiger partial charge is 0.252 e. The zero-order valence-corrected chi connectivity index (χ0v) is 12.4. The third kappa shape index (κ3) is 3.16. The number of anilines is 1. The highest BCUT2D eigenvalue weighted by Gasteiger charge is 2.09. The van der Waals surface area contributed by atoms with E-state index in [1.54, 1.807) is 20.2 Å². The van der Waals surface area contributed by atoms with E-state index in [0.29, 0.717) is 11.6 Å². The number of hydrogen-bond acceptors (Lipinski definition) is 6. The van der Waals surface area contributed by atoms with E-state index < -0.39 is 0 Å². The molecule has 0 amide bonds. The molecular formula is C13H11BrN4O2. The topological polar surface area (TPSA) is 83.4 Å². The van der Waals surface area contributed by atoms with Gasteiger partial charge in [0.1, 0.15) is 11.8 Å². The van der Waals surface area contributed by atoms with Crippen LogP contribution in [-0.2, 0) is 0 Å². The predicted molar refractivity (Wildman–Crippen MR) is 77.9 cm³/mol. The molecule has 2 rings (SSSR count). The molecule has 7 heteroatoms. The van der Waals surface area contributed by atoms with Gasteiger partial charge in [0.25, 0.3) is 5.88 Å². The molecule has 0 aliphatic rings. The van der Waals surface area contributed by atoms with Crippen molar-refractivity contribution in [2.45, 2.75) is 6.92 Å². The first-order valence-corrected chi connectivity index (χ1v) is 6.43. The van der Waals surface area contributed by atoms with Gasteiger partial charge >= 0.3 is 0 Å². The van der Waals surface area contributed by atoms with Crippen molar-refractivity contribution in [3.05, 3.63) is 39.8 Å². The first-order chi connectivity index (χ1) is 9.63. The largest absolute Gasteiger partial charge is 0.496 e. The van der Waals surface area contributed by atoms with Gasteiger partial charge in [-0.2, -0.15) is 10.4 Å². The van der Waals surface area contributed by atoms with Gasteiger partial charge in [-0.15, -0.1) is 0 Å². The lowest BCUT2D eigenvalue weighted by molar-refractivity contribution is 0.414. The van der Waals surface area contributed by atoms with E-state index in [1.165, 1.54) is 0 Å². The van der Waals surface area contributed by atoms with Gasteiger partial charge in [0, 0.05) is 17.0 Å². The van der Waals surface area contributed by atoms with Crippen molar-refractivity contribution >= 4 is 28.0 Å². The number of nitrogens with zero attached hydrogens (tertiary/aromatic N) is 3. The van der Waals surface area contributed by atoms with Crippen molar-refractivity contribution in [3.63, 3.8) is 0 Å². The summed E-state index contributed by atoms with van der Waals surface area (Å²) in [6.45, 7) is 1.66. The minimum Gasteiger partial charge on any atom is -0.496 e. The second-order valence-electron chi connectivity index (χ2n) is 3.78. The SMILES string of the molecule is COc1ccc(Br)cc1/C=N\Nc1oc(C)nc1C#N. The van der Waals surface area contributed by atoms with Crippen LogP contribution in [0.15, 0.2) is 32.2 Å². The molecule has 0 spiro atoms. The molecule has 1 N–H and O–H groups in total. The summed E-state index contributed by atoms with van der Waals surface area (Å²) < 4.78 is 11.4. The lowest BCUT2D eigenvalue weighted by Gasteiger charge is -2.04. The monoisotopic (exact) mass is 334 g/mol. The Hall–Kier alpha value is -2.33. The molecule has 0 aliphatic carbocycles. The Morgan fingerprint density at radius 3 is 3.05 bits per heavy atom. The Morgan fingerprint density at radius 2 is 2.35 bits per heavy atom. The van der Waals surface area contributed by atoms with E-state index in [9.17, 15) is 0 Å². The quantitative estimate of drug-likeness (QED) is 0.686. The van der Waals surface area contributed by atoms with Crippen LogP contribution < -0.4 is 10.2 Å². The number of aryl methyl sites for hydroxylation is 1. The van der Waals surface area contributed by atoms with E-state index in [0.717, 1.165) is 10.0 Å². The predicted octanol–water partition coefficient (Wildman–Crippen LogP) is 3.07. The fraction of sp³-hybridized carbons (Fsp3) is 0.154. The number of ether oxygens (including phenoxy) is 1. The first-order valence-electron chi connectivity index (χ1n) is 5.64. The minimum absolute atomic E-state index is 0.167. The Balaban J connectivity index is 2.18. The van der Waals surface area contributed by atoms with Crippen LogP contribution in [0.4, 0.5) is 5.88 Å². The number of nitriles is 1. The molecule has 0 radical (unpaired) electrons. The molecule has 1 aromatic heterocycles. The van der Waals surface area contributed by atoms with Crippen LogP contribution in [0.1, 0.15) is 17.1 Å². The zero-order valence-electron chi connectivity index (χ0n) is 10.8. The Kier molecular flexibility index (Phi) is 4.38. The van der Waals surface area contributed by atoms with Crippen LogP contribution in [0.5, 0.6) is 5.75 Å². The zero-order chi connectivity index (χ0) is 14.5. The van der Waals surface area contributed by atoms with Crippen molar-refractivity contribution in [2.24, 2.45) is 5.10 Å². The number of oxazole rings is 1. The van der Waals surface area contributed by atoms with Gasteiger partial charge in [-0.25, -0.2) is 10.4 Å². The van der Waals surface area contributed by atoms with Crippen molar-refractivity contribution in [1.82, 2.24) is 4.98 Å². The molecule has 0 bridgehead atoms. The highest BCUT2D eigenvalue weighted by molar-refractivity contribution is 9.10. The second-order valence-corrected chi connectivity index (χ2v) is 4.69. The van der Waals surface area contributed by atoms with E-state index in [1.807, 2.05) is 24.3 Å². The maximum absolute atomic E-state index is 8.88. The Labute approximate surface area is 124 Å². The number of benzene rings is 1. The molecule has 0 aliphatic heterocycles. The summed E-state index contributed by atoms with van der Waals surface area (Å²) in [5.41, 5.74) is 3.60. The van der Waals surface area contributed by atoms with Gasteiger partial charge in [0.2, 0.25) is 5.69 Å². The van der Waals surface area contributed by atoms with Crippen molar-refractivity contribution < 1.29 is 9.15 Å². The summed E-state index contributed by atoms with van der Waals surface area (Å²) in [6.07, 6.45) is 1.57. The molecule has 0 saturated carbocycles. The standard InChI is InChI=1S/C13H11BrN4O2/c1-8-17-11(6-15)13(20-8)18-16-7-9-5-10(14)3-4-12(9)19-2/h3-5,7,18H,1-2H3/b16-7-. The summed E-state index contributed by atoms with van der Waals surface area (Å²) in [6, 6.07) is 7.48. The molecule has 0 fully saturated rings. The van der Waals surface area contributed by atoms with Crippen molar-refractivity contribution in [3.8, 4) is 11.8 Å². The third-order valence-electron chi connectivity index (χ3n) is 2.40. The van der Waals surface area contributed by atoms with Crippen LogP contribution in [0, 0.1) is 18.3 Å². The van der Waals surface area contributed by atoms with Gasteiger partial charge in [0.05, 0.1) is 13.3 Å². The fourth-order valence-corrected chi connectivity index (χ4v) is 1.92. The summed E-state index contributed by atoms with van der Waals surface area (Å²) in [4.78, 5) is 3.91. The normalized spacial score (nSPS) is 10.5. The maximum Gasteiger partial charge on any atom is 0.252 e. The van der Waals surface area contributed by atoms with E-state index in [2.05, 4.69) is 31.4 Å². The number of hydrogen-bond donors (Lipinski definition) is 1. The highest BCUT2D eigenvalue weighted by atomic mass is 79.9. The first kappa shape index (κ1) is 14.1. The molecule has 2 aromatic rings. The summed E-state index contributed by atoms with van der Waals surface area (Å²) >= 11 is 3.38. The Bertz CT molecular complexity index is 688. The van der Waals surface area contributed by atoms with Gasteiger partial charge < -0.3 is 9.15 Å². The molecule has 1 heterocycles. The van der Waals surface area contributed by atoms with Crippen LogP contribution in [-0.4, -0.2) is 18.3 Å². The van der Waals surface area contributed by atoms with Crippen LogP contribution in [0.25, 0.3) is 0 Å². The van der Waals surface area contributed by atoms with Gasteiger partial charge in [-0.1, -0.05) is 15.9 Å². The molecule has 6 nitrogen and oxygen atoms in total. The van der Waals surface area contributed by atoms with E-state index >= 15 is 0 Å². The lowest BCUT2D eigenvalue weighted by Crippen LogP contribution is -1.94. The molecule has 0 saturated heterocycles. The molecular weight excluding hydrogens is 324 g/mol. The molecule has 20 heavy (non-hydrogen) atoms. The Morgan fingerprint density at radius 1 is 1.55 bits per heavy atom. The number of aromatic nitrogens is 1. The number of nitrogens with one attached hydrogen (secondary N) is 1. The van der Waals surface area contributed by atoms with E-state index in [4.69, 9.17) is 14.4 Å². The average Bonchev–Trinajstić information content (AvgIpc) is 2.79. The van der Waals surface area contributed by atoms with Crippen molar-refractivity contribution in [1.29, 1.82) is 5.26 Å². The minimum atomic E-state index is 0.167. The molecule has 0 atom stereocenters. The number of methoxy groups -OCH3 is 1. The fourth-order valence-electron chi connectivity index (χ4n) is 1.55. The summed E-state index contributed by atoms with van der Waals surface area (Å²) in [5, 5.41) is 12.9. The molecule has 0 unspecified atom stereocenters. The second kappa shape index (κ2) is 6.21. The lowest BCUT2D eigenvalue weighted by atomic mass is 10.2. The van der Waals surface area contributed by atoms with Gasteiger partial charge in [-0.05, 0) is 18.2 Å². The van der Waals surface area contributed by atoms with E-state index in [-0.39, 0.29) is 11.6 Å². The van der Waals surface area contributed by atoms with Crippen LogP contribution in [0.2, 0.25) is 0 Å². The number of hydrazone groups is 1. The maximum atomic E-state index is 8.88. The molecule has 102 valence electrons. The van der Waals surface area contributed by atoms with Gasteiger partial charge in [0.15, 0.2) is 5.89 Å².